The number of hydrogen-bond donors (Lipinski definition) is 0. The van der Waals surface area contributed by atoms with Gasteiger partial charge in [-0.05, 0) is 12.1 Å². The molecule has 1 aromatic heterocycles. The van der Waals surface area contributed by atoms with E-state index in [4.69, 9.17) is 11.6 Å². The average molecular weight is 232 g/mol. The van der Waals surface area contributed by atoms with Crippen molar-refractivity contribution in [2.75, 3.05) is 0 Å². The second kappa shape index (κ2) is 3.68. The van der Waals surface area contributed by atoms with Crippen molar-refractivity contribution in [2.45, 2.75) is 12.6 Å². The first-order chi connectivity index (χ1) is 6.32. The standard InChI is InChI=1S/C7H3ClF5N/c8-5-3(7(11,12)13)1-2-4(14-5)6(9)10/h1-2,6H. The summed E-state index contributed by atoms with van der Waals surface area (Å²) in [6.07, 6.45) is -7.61. The highest BCUT2D eigenvalue weighted by molar-refractivity contribution is 6.30. The monoisotopic (exact) mass is 231 g/mol. The Morgan fingerprint density at radius 2 is 1.79 bits per heavy atom. The smallest absolute Gasteiger partial charge is 0.234 e. The lowest BCUT2D eigenvalue weighted by atomic mass is 10.2. The number of alkyl halides is 5. The van der Waals surface area contributed by atoms with E-state index >= 15 is 0 Å². The summed E-state index contributed by atoms with van der Waals surface area (Å²) in [4.78, 5) is 2.93. The molecule has 0 aromatic carbocycles. The van der Waals surface area contributed by atoms with Gasteiger partial charge in [-0.1, -0.05) is 11.6 Å². The molecule has 0 N–H and O–H groups in total. The van der Waals surface area contributed by atoms with Gasteiger partial charge in [-0.15, -0.1) is 0 Å². The normalized spacial score (nSPS) is 12.2. The summed E-state index contributed by atoms with van der Waals surface area (Å²) in [7, 11) is 0. The zero-order chi connectivity index (χ0) is 10.9. The molecule has 0 aliphatic rings. The first-order valence-corrected chi connectivity index (χ1v) is 3.72. The molecule has 0 bridgehead atoms. The molecule has 78 valence electrons. The minimum atomic E-state index is -4.68. The second-order valence-electron chi connectivity index (χ2n) is 2.37. The van der Waals surface area contributed by atoms with Crippen molar-refractivity contribution < 1.29 is 22.0 Å². The van der Waals surface area contributed by atoms with Crippen LogP contribution in [0.15, 0.2) is 12.1 Å². The summed E-state index contributed by atoms with van der Waals surface area (Å²) in [6, 6.07) is 1.08. The van der Waals surface area contributed by atoms with Crippen LogP contribution < -0.4 is 0 Å². The van der Waals surface area contributed by atoms with E-state index < -0.39 is 29.0 Å². The second-order valence-corrected chi connectivity index (χ2v) is 2.73. The van der Waals surface area contributed by atoms with E-state index in [1.807, 2.05) is 0 Å². The minimum Gasteiger partial charge on any atom is -0.234 e. The van der Waals surface area contributed by atoms with Gasteiger partial charge in [0.05, 0.1) is 5.56 Å². The summed E-state index contributed by atoms with van der Waals surface area (Å²) in [5.41, 5.74) is -1.99. The Morgan fingerprint density at radius 3 is 2.14 bits per heavy atom. The molecule has 0 aliphatic heterocycles. The van der Waals surface area contributed by atoms with Crippen LogP contribution in [0.5, 0.6) is 0 Å². The van der Waals surface area contributed by atoms with Crippen molar-refractivity contribution in [1.82, 2.24) is 4.98 Å². The van der Waals surface area contributed by atoms with Crippen LogP contribution in [-0.4, -0.2) is 4.98 Å². The molecule has 1 aromatic rings. The molecule has 0 amide bonds. The Bertz CT molecular complexity index is 335. The highest BCUT2D eigenvalue weighted by Crippen LogP contribution is 2.34. The molecule has 0 atom stereocenters. The quantitative estimate of drug-likeness (QED) is 0.531. The molecule has 7 heteroatoms. The first-order valence-electron chi connectivity index (χ1n) is 3.34. The Morgan fingerprint density at radius 1 is 1.21 bits per heavy atom. The molecule has 0 saturated carbocycles. The van der Waals surface area contributed by atoms with Crippen LogP contribution in [0.1, 0.15) is 17.7 Å². The Balaban J connectivity index is 3.15. The Kier molecular flexibility index (Phi) is 2.94. The number of aromatic nitrogens is 1. The highest BCUT2D eigenvalue weighted by atomic mass is 35.5. The Labute approximate surface area is 80.5 Å². The van der Waals surface area contributed by atoms with Gasteiger partial charge in [-0.25, -0.2) is 13.8 Å². The molecule has 1 rings (SSSR count). The van der Waals surface area contributed by atoms with Gasteiger partial charge in [-0.3, -0.25) is 0 Å². The molecule has 0 fully saturated rings. The summed E-state index contributed by atoms with van der Waals surface area (Å²) in [6.45, 7) is 0. The van der Waals surface area contributed by atoms with Crippen LogP contribution in [-0.2, 0) is 6.18 Å². The topological polar surface area (TPSA) is 12.9 Å². The van der Waals surface area contributed by atoms with Crippen molar-refractivity contribution in [3.8, 4) is 0 Å². The SMILES string of the molecule is FC(F)c1ccc(C(F)(F)F)c(Cl)n1. The van der Waals surface area contributed by atoms with Crippen LogP contribution in [0.4, 0.5) is 22.0 Å². The van der Waals surface area contributed by atoms with E-state index in [0.717, 1.165) is 0 Å². The van der Waals surface area contributed by atoms with E-state index in [0.29, 0.717) is 12.1 Å². The third kappa shape index (κ3) is 2.31. The van der Waals surface area contributed by atoms with Gasteiger partial charge in [0.25, 0.3) is 6.43 Å². The predicted molar refractivity (Wildman–Crippen MR) is 39.2 cm³/mol. The fraction of sp³-hybridized carbons (Fsp3) is 0.286. The van der Waals surface area contributed by atoms with Gasteiger partial charge < -0.3 is 0 Å². The van der Waals surface area contributed by atoms with Crippen LogP contribution in [0.2, 0.25) is 5.15 Å². The fourth-order valence-electron chi connectivity index (χ4n) is 0.781. The van der Waals surface area contributed by atoms with Crippen molar-refractivity contribution in [3.63, 3.8) is 0 Å². The number of pyridine rings is 1. The highest BCUT2D eigenvalue weighted by Gasteiger charge is 2.34. The molecule has 14 heavy (non-hydrogen) atoms. The van der Waals surface area contributed by atoms with Crippen molar-refractivity contribution >= 4 is 11.6 Å². The van der Waals surface area contributed by atoms with Gasteiger partial charge >= 0.3 is 6.18 Å². The van der Waals surface area contributed by atoms with E-state index in [1.165, 1.54) is 0 Å². The third-order valence-electron chi connectivity index (χ3n) is 1.40. The fourth-order valence-corrected chi connectivity index (χ4v) is 1.05. The lowest BCUT2D eigenvalue weighted by Gasteiger charge is -2.08. The van der Waals surface area contributed by atoms with Crippen LogP contribution in [0.3, 0.4) is 0 Å². The van der Waals surface area contributed by atoms with Gasteiger partial charge in [-0.2, -0.15) is 13.2 Å². The lowest BCUT2D eigenvalue weighted by molar-refractivity contribution is -0.137. The molecule has 0 aliphatic carbocycles. The Hall–Kier alpha value is -0.910. The molecule has 0 unspecified atom stereocenters. The number of halogens is 6. The molecule has 1 heterocycles. The van der Waals surface area contributed by atoms with Crippen molar-refractivity contribution in [2.24, 2.45) is 0 Å². The van der Waals surface area contributed by atoms with Gasteiger partial charge in [0.2, 0.25) is 0 Å². The van der Waals surface area contributed by atoms with Gasteiger partial charge in [0, 0.05) is 0 Å². The molecular formula is C7H3ClF5N. The number of nitrogens with zero attached hydrogens (tertiary/aromatic N) is 1. The van der Waals surface area contributed by atoms with Crippen molar-refractivity contribution in [3.05, 3.63) is 28.5 Å². The summed E-state index contributed by atoms with van der Waals surface area (Å²) < 4.78 is 60.2. The number of rotatable bonds is 1. The van der Waals surface area contributed by atoms with Crippen LogP contribution in [0, 0.1) is 0 Å². The van der Waals surface area contributed by atoms with E-state index in [-0.39, 0.29) is 0 Å². The third-order valence-corrected chi connectivity index (χ3v) is 1.69. The maximum Gasteiger partial charge on any atom is 0.419 e. The predicted octanol–water partition coefficient (Wildman–Crippen LogP) is 3.69. The maximum absolute atomic E-state index is 12.1. The van der Waals surface area contributed by atoms with Crippen molar-refractivity contribution in [1.29, 1.82) is 0 Å². The minimum absolute atomic E-state index is 0.483. The lowest BCUT2D eigenvalue weighted by Crippen LogP contribution is -2.07. The van der Waals surface area contributed by atoms with E-state index in [9.17, 15) is 22.0 Å². The van der Waals surface area contributed by atoms with Crippen LogP contribution >= 0.6 is 11.6 Å². The largest absolute Gasteiger partial charge is 0.419 e. The summed E-state index contributed by atoms with van der Waals surface area (Å²) in [5.74, 6) is 0. The zero-order valence-electron chi connectivity index (χ0n) is 6.45. The first kappa shape index (κ1) is 11.2. The number of hydrogen-bond acceptors (Lipinski definition) is 1. The summed E-state index contributed by atoms with van der Waals surface area (Å²) in [5, 5.41) is -0.963. The summed E-state index contributed by atoms with van der Waals surface area (Å²) >= 11 is 5.09. The maximum atomic E-state index is 12.1. The van der Waals surface area contributed by atoms with E-state index in [2.05, 4.69) is 4.98 Å². The molecule has 0 radical (unpaired) electrons. The van der Waals surface area contributed by atoms with Gasteiger partial charge in [0.1, 0.15) is 10.8 Å². The zero-order valence-corrected chi connectivity index (χ0v) is 7.20. The van der Waals surface area contributed by atoms with Crippen LogP contribution in [0.25, 0.3) is 0 Å². The van der Waals surface area contributed by atoms with E-state index in [1.54, 1.807) is 0 Å². The van der Waals surface area contributed by atoms with Gasteiger partial charge in [0.15, 0.2) is 0 Å². The molecular weight excluding hydrogens is 229 g/mol. The average Bonchev–Trinajstić information content (AvgIpc) is 2.01. The molecule has 0 saturated heterocycles. The molecule has 1 nitrogen and oxygen atoms in total. The molecule has 0 spiro atoms.